The van der Waals surface area contributed by atoms with Crippen molar-refractivity contribution >= 4 is 15.9 Å². The zero-order valence-electron chi connectivity index (χ0n) is 9.66. The van der Waals surface area contributed by atoms with Gasteiger partial charge in [-0.05, 0) is 40.0 Å². The van der Waals surface area contributed by atoms with E-state index in [0.717, 1.165) is 24.8 Å². The highest BCUT2D eigenvalue weighted by Gasteiger charge is 2.12. The Balaban J connectivity index is 2.92. The molecule has 1 atom stereocenters. The van der Waals surface area contributed by atoms with E-state index in [1.54, 1.807) is 6.07 Å². The molecule has 0 saturated carbocycles. The van der Waals surface area contributed by atoms with Gasteiger partial charge in [0.1, 0.15) is 0 Å². The molecule has 1 rings (SSSR count). The Bertz CT molecular complexity index is 355. The molecule has 0 bridgehead atoms. The Hall–Kier alpha value is -0.740. The van der Waals surface area contributed by atoms with E-state index in [4.69, 9.17) is 10.5 Å². The molecule has 0 aliphatic carbocycles. The van der Waals surface area contributed by atoms with Gasteiger partial charge in [0.2, 0.25) is 0 Å². The molecule has 1 aromatic carbocycles. The normalized spacial score (nSPS) is 12.5. The van der Waals surface area contributed by atoms with Crippen LogP contribution in [0.3, 0.4) is 0 Å². The predicted molar refractivity (Wildman–Crippen MR) is 68.8 cm³/mol. The number of phenolic OH excluding ortho intramolecular Hbond substituents is 1. The molecule has 0 unspecified atom stereocenters. The van der Waals surface area contributed by atoms with Crippen LogP contribution >= 0.6 is 15.9 Å². The van der Waals surface area contributed by atoms with E-state index in [1.807, 2.05) is 6.07 Å². The molecule has 0 amide bonds. The smallest absolute Gasteiger partial charge is 0.172 e. The second kappa shape index (κ2) is 6.11. The van der Waals surface area contributed by atoms with E-state index in [-0.39, 0.29) is 11.8 Å². The largest absolute Gasteiger partial charge is 0.503 e. The first kappa shape index (κ1) is 13.3. The van der Waals surface area contributed by atoms with Crippen LogP contribution in [0.4, 0.5) is 0 Å². The third kappa shape index (κ3) is 3.12. The van der Waals surface area contributed by atoms with Gasteiger partial charge in [0.05, 0.1) is 11.6 Å². The minimum absolute atomic E-state index is 0.00856. The summed E-state index contributed by atoms with van der Waals surface area (Å²) >= 11 is 3.29. The molecule has 0 saturated heterocycles. The lowest BCUT2D eigenvalue weighted by atomic mass is 10.0. The van der Waals surface area contributed by atoms with Gasteiger partial charge in [-0.25, -0.2) is 0 Å². The van der Waals surface area contributed by atoms with Crippen LogP contribution in [-0.4, -0.2) is 12.2 Å². The molecule has 0 aliphatic heterocycles. The summed E-state index contributed by atoms with van der Waals surface area (Å²) in [5.74, 6) is 0.574. The number of hydrogen-bond acceptors (Lipinski definition) is 3. The van der Waals surface area contributed by atoms with Gasteiger partial charge < -0.3 is 15.6 Å². The Morgan fingerprint density at radius 1 is 1.50 bits per heavy atom. The molecular formula is C12H18BrNO2. The standard InChI is InChI=1S/C12H18BrNO2/c1-3-4-5-10(14)8-6-9(13)12(15)11(7-8)16-2/h6-7,10,15H,3-5,14H2,1-2H3/t10-/m1/s1. The van der Waals surface area contributed by atoms with Crippen molar-refractivity contribution in [3.63, 3.8) is 0 Å². The highest BCUT2D eigenvalue weighted by atomic mass is 79.9. The van der Waals surface area contributed by atoms with Crippen molar-refractivity contribution in [2.24, 2.45) is 5.73 Å². The Labute approximate surface area is 105 Å². The van der Waals surface area contributed by atoms with Crippen molar-refractivity contribution in [1.29, 1.82) is 0 Å². The maximum absolute atomic E-state index is 9.67. The predicted octanol–water partition coefficient (Wildman–Crippen LogP) is 3.35. The fraction of sp³-hybridized carbons (Fsp3) is 0.500. The number of halogens is 1. The topological polar surface area (TPSA) is 55.5 Å². The Morgan fingerprint density at radius 3 is 2.75 bits per heavy atom. The number of benzene rings is 1. The van der Waals surface area contributed by atoms with Gasteiger partial charge in [-0.15, -0.1) is 0 Å². The number of aromatic hydroxyl groups is 1. The molecule has 0 heterocycles. The van der Waals surface area contributed by atoms with Crippen LogP contribution in [0.5, 0.6) is 11.5 Å². The number of phenols is 1. The van der Waals surface area contributed by atoms with E-state index in [1.165, 1.54) is 7.11 Å². The fourth-order valence-corrected chi connectivity index (χ4v) is 2.01. The monoisotopic (exact) mass is 287 g/mol. The van der Waals surface area contributed by atoms with Crippen LogP contribution < -0.4 is 10.5 Å². The summed E-state index contributed by atoms with van der Waals surface area (Å²) in [4.78, 5) is 0. The van der Waals surface area contributed by atoms with Crippen LogP contribution in [0.2, 0.25) is 0 Å². The van der Waals surface area contributed by atoms with E-state index in [0.29, 0.717) is 10.2 Å². The molecule has 90 valence electrons. The zero-order chi connectivity index (χ0) is 12.1. The Kier molecular flexibility index (Phi) is 5.09. The van der Waals surface area contributed by atoms with Crippen molar-refractivity contribution in [3.05, 3.63) is 22.2 Å². The van der Waals surface area contributed by atoms with Gasteiger partial charge in [-0.2, -0.15) is 0 Å². The van der Waals surface area contributed by atoms with Crippen molar-refractivity contribution < 1.29 is 9.84 Å². The highest BCUT2D eigenvalue weighted by molar-refractivity contribution is 9.10. The molecule has 0 fully saturated rings. The summed E-state index contributed by atoms with van der Waals surface area (Å²) in [7, 11) is 1.53. The van der Waals surface area contributed by atoms with Crippen molar-refractivity contribution in [2.45, 2.75) is 32.2 Å². The number of nitrogens with two attached hydrogens (primary N) is 1. The van der Waals surface area contributed by atoms with Crippen molar-refractivity contribution in [1.82, 2.24) is 0 Å². The molecule has 3 nitrogen and oxygen atoms in total. The summed E-state index contributed by atoms with van der Waals surface area (Å²) in [5, 5.41) is 9.67. The van der Waals surface area contributed by atoms with E-state index < -0.39 is 0 Å². The summed E-state index contributed by atoms with van der Waals surface area (Å²) in [6.45, 7) is 2.14. The Morgan fingerprint density at radius 2 is 2.19 bits per heavy atom. The quantitative estimate of drug-likeness (QED) is 0.873. The molecule has 0 spiro atoms. The van der Waals surface area contributed by atoms with Crippen LogP contribution in [-0.2, 0) is 0 Å². The summed E-state index contributed by atoms with van der Waals surface area (Å²) in [6.07, 6.45) is 3.17. The molecule has 0 aliphatic rings. The van der Waals surface area contributed by atoms with Crippen LogP contribution in [0.1, 0.15) is 37.8 Å². The number of unbranched alkanes of at least 4 members (excludes halogenated alkanes) is 1. The SMILES string of the molecule is CCCC[C@@H](N)c1cc(Br)c(O)c(OC)c1. The lowest BCUT2D eigenvalue weighted by Gasteiger charge is -2.14. The summed E-state index contributed by atoms with van der Waals surface area (Å²) in [6, 6.07) is 3.63. The van der Waals surface area contributed by atoms with E-state index in [2.05, 4.69) is 22.9 Å². The third-order valence-corrected chi connectivity index (χ3v) is 3.17. The summed E-state index contributed by atoms with van der Waals surface area (Å²) in [5.41, 5.74) is 7.05. The zero-order valence-corrected chi connectivity index (χ0v) is 11.3. The molecule has 4 heteroatoms. The van der Waals surface area contributed by atoms with E-state index >= 15 is 0 Å². The maximum atomic E-state index is 9.67. The van der Waals surface area contributed by atoms with Gasteiger partial charge in [0.15, 0.2) is 11.5 Å². The minimum Gasteiger partial charge on any atom is -0.503 e. The lowest BCUT2D eigenvalue weighted by molar-refractivity contribution is 0.370. The lowest BCUT2D eigenvalue weighted by Crippen LogP contribution is -2.10. The highest BCUT2D eigenvalue weighted by Crippen LogP contribution is 2.37. The van der Waals surface area contributed by atoms with Crippen LogP contribution in [0, 0.1) is 0 Å². The van der Waals surface area contributed by atoms with Crippen molar-refractivity contribution in [2.75, 3.05) is 7.11 Å². The van der Waals surface area contributed by atoms with Gasteiger partial charge >= 0.3 is 0 Å². The average molecular weight is 288 g/mol. The van der Waals surface area contributed by atoms with Crippen LogP contribution in [0.15, 0.2) is 16.6 Å². The first-order valence-corrected chi connectivity index (χ1v) is 6.21. The van der Waals surface area contributed by atoms with Gasteiger partial charge in [0, 0.05) is 6.04 Å². The average Bonchev–Trinajstić information content (AvgIpc) is 2.29. The van der Waals surface area contributed by atoms with Crippen LogP contribution in [0.25, 0.3) is 0 Å². The minimum atomic E-state index is -0.00856. The van der Waals surface area contributed by atoms with Crippen molar-refractivity contribution in [3.8, 4) is 11.5 Å². The molecule has 0 radical (unpaired) electrons. The number of ether oxygens (including phenoxy) is 1. The molecule has 1 aromatic rings. The van der Waals surface area contributed by atoms with Gasteiger partial charge in [0.25, 0.3) is 0 Å². The second-order valence-electron chi connectivity index (χ2n) is 3.80. The molecule has 16 heavy (non-hydrogen) atoms. The first-order chi connectivity index (χ1) is 7.60. The number of methoxy groups -OCH3 is 1. The number of rotatable bonds is 5. The molecule has 3 N–H and O–H groups in total. The second-order valence-corrected chi connectivity index (χ2v) is 4.66. The third-order valence-electron chi connectivity index (χ3n) is 2.57. The molecule has 0 aromatic heterocycles. The molecular weight excluding hydrogens is 270 g/mol. The first-order valence-electron chi connectivity index (χ1n) is 5.42. The number of hydrogen-bond donors (Lipinski definition) is 2. The fourth-order valence-electron chi connectivity index (χ4n) is 1.55. The maximum Gasteiger partial charge on any atom is 0.172 e. The van der Waals surface area contributed by atoms with Gasteiger partial charge in [-0.3, -0.25) is 0 Å². The van der Waals surface area contributed by atoms with Gasteiger partial charge in [-0.1, -0.05) is 19.8 Å². The summed E-state index contributed by atoms with van der Waals surface area (Å²) < 4.78 is 5.70. The van der Waals surface area contributed by atoms with E-state index in [9.17, 15) is 5.11 Å².